The van der Waals surface area contributed by atoms with E-state index in [2.05, 4.69) is 4.74 Å². The van der Waals surface area contributed by atoms with Crippen molar-refractivity contribution in [3.05, 3.63) is 29.3 Å². The Bertz CT molecular complexity index is 397. The number of hydrogen-bond acceptors (Lipinski definition) is 2. The van der Waals surface area contributed by atoms with Crippen molar-refractivity contribution >= 4 is 0 Å². The molecule has 0 fully saturated rings. The Morgan fingerprint density at radius 2 is 1.65 bits per heavy atom. The summed E-state index contributed by atoms with van der Waals surface area (Å²) in [5, 5.41) is 0. The summed E-state index contributed by atoms with van der Waals surface area (Å²) in [4.78, 5) is 0. The third-order valence-corrected chi connectivity index (χ3v) is 1.84. The van der Waals surface area contributed by atoms with Crippen LogP contribution < -0.4 is 10.5 Å². The lowest BCUT2D eigenvalue weighted by Gasteiger charge is -2.17. The molecule has 0 saturated carbocycles. The van der Waals surface area contributed by atoms with E-state index in [4.69, 9.17) is 5.73 Å². The van der Waals surface area contributed by atoms with E-state index in [1.807, 2.05) is 0 Å². The minimum atomic E-state index is -5.19. The van der Waals surface area contributed by atoms with Crippen LogP contribution in [0.1, 0.15) is 11.1 Å². The summed E-state index contributed by atoms with van der Waals surface area (Å²) in [6.45, 7) is -0.538. The van der Waals surface area contributed by atoms with Crippen LogP contribution in [0.2, 0.25) is 0 Å². The molecular formula is C9H7F6NO. The molecule has 0 radical (unpaired) electrons. The van der Waals surface area contributed by atoms with Gasteiger partial charge >= 0.3 is 12.5 Å². The molecule has 0 saturated heterocycles. The molecule has 0 spiro atoms. The minimum Gasteiger partial charge on any atom is -0.405 e. The van der Waals surface area contributed by atoms with Gasteiger partial charge in [-0.15, -0.1) is 13.2 Å². The quantitative estimate of drug-likeness (QED) is 0.828. The molecule has 0 heterocycles. The van der Waals surface area contributed by atoms with Crippen molar-refractivity contribution in [1.29, 1.82) is 0 Å². The van der Waals surface area contributed by atoms with E-state index < -0.39 is 36.0 Å². The molecule has 0 aliphatic rings. The smallest absolute Gasteiger partial charge is 0.405 e. The number of alkyl halides is 6. The predicted octanol–water partition coefficient (Wildman–Crippen LogP) is 3.06. The molecule has 0 aliphatic carbocycles. The Morgan fingerprint density at radius 3 is 2.06 bits per heavy atom. The van der Waals surface area contributed by atoms with Crippen LogP contribution >= 0.6 is 0 Å². The van der Waals surface area contributed by atoms with Gasteiger partial charge in [0.05, 0.1) is 0 Å². The van der Waals surface area contributed by atoms with Crippen LogP contribution in [-0.2, 0) is 12.7 Å². The number of ether oxygens (including phenoxy) is 1. The van der Waals surface area contributed by atoms with E-state index >= 15 is 0 Å². The van der Waals surface area contributed by atoms with Crippen molar-refractivity contribution < 1.29 is 31.1 Å². The van der Waals surface area contributed by atoms with Gasteiger partial charge in [-0.1, -0.05) is 12.1 Å². The molecule has 0 atom stereocenters. The topological polar surface area (TPSA) is 35.2 Å². The number of hydrogen-bond donors (Lipinski definition) is 1. The summed E-state index contributed by atoms with van der Waals surface area (Å²) >= 11 is 0. The van der Waals surface area contributed by atoms with Crippen molar-refractivity contribution in [2.45, 2.75) is 19.1 Å². The highest BCUT2D eigenvalue weighted by atomic mass is 19.4. The molecule has 2 nitrogen and oxygen atoms in total. The van der Waals surface area contributed by atoms with Crippen molar-refractivity contribution in [3.8, 4) is 5.75 Å². The van der Waals surface area contributed by atoms with Gasteiger partial charge in [-0.25, -0.2) is 0 Å². The summed E-state index contributed by atoms with van der Waals surface area (Å²) < 4.78 is 76.8. The first-order valence-corrected chi connectivity index (χ1v) is 4.30. The van der Waals surface area contributed by atoms with Crippen LogP contribution in [0.15, 0.2) is 18.2 Å². The second-order valence-electron chi connectivity index (χ2n) is 3.04. The van der Waals surface area contributed by atoms with E-state index in [0.717, 1.165) is 12.1 Å². The summed E-state index contributed by atoms with van der Waals surface area (Å²) in [6.07, 6.45) is -10.1. The lowest BCUT2D eigenvalue weighted by molar-refractivity contribution is -0.276. The van der Waals surface area contributed by atoms with E-state index in [-0.39, 0.29) is 0 Å². The number of rotatable bonds is 2. The average molecular weight is 259 g/mol. The SMILES string of the molecule is NCc1cccc(OC(F)(F)F)c1C(F)(F)F. The maximum Gasteiger partial charge on any atom is 0.573 e. The highest BCUT2D eigenvalue weighted by molar-refractivity contribution is 5.42. The maximum absolute atomic E-state index is 12.6. The average Bonchev–Trinajstić information content (AvgIpc) is 2.12. The third-order valence-electron chi connectivity index (χ3n) is 1.84. The van der Waals surface area contributed by atoms with Crippen LogP contribution in [0, 0.1) is 0 Å². The van der Waals surface area contributed by atoms with Crippen LogP contribution in [-0.4, -0.2) is 6.36 Å². The predicted molar refractivity (Wildman–Crippen MR) is 46.0 cm³/mol. The van der Waals surface area contributed by atoms with Gasteiger partial charge in [0.25, 0.3) is 0 Å². The van der Waals surface area contributed by atoms with Crippen molar-refractivity contribution in [2.75, 3.05) is 0 Å². The molecule has 17 heavy (non-hydrogen) atoms. The molecule has 1 rings (SSSR count). The number of nitrogens with two attached hydrogens (primary N) is 1. The maximum atomic E-state index is 12.6. The Balaban J connectivity index is 3.30. The zero-order valence-corrected chi connectivity index (χ0v) is 8.19. The molecule has 8 heteroatoms. The molecule has 2 N–H and O–H groups in total. The minimum absolute atomic E-state index is 0.459. The fraction of sp³-hybridized carbons (Fsp3) is 0.333. The molecule has 0 aliphatic heterocycles. The highest BCUT2D eigenvalue weighted by Gasteiger charge is 2.40. The lowest BCUT2D eigenvalue weighted by Crippen LogP contribution is -2.21. The molecular weight excluding hydrogens is 252 g/mol. The molecule has 96 valence electrons. The van der Waals surface area contributed by atoms with Crippen molar-refractivity contribution in [1.82, 2.24) is 0 Å². The molecule has 0 bridgehead atoms. The van der Waals surface area contributed by atoms with Gasteiger partial charge in [-0.05, 0) is 11.6 Å². The standard InChI is InChI=1S/C9H7F6NO/c10-8(11,12)7-5(4-16)2-1-3-6(7)17-9(13,14)15/h1-3H,4,16H2. The molecule has 1 aromatic carbocycles. The van der Waals surface area contributed by atoms with E-state index in [1.165, 1.54) is 0 Å². The van der Waals surface area contributed by atoms with E-state index in [0.29, 0.717) is 6.07 Å². The van der Waals surface area contributed by atoms with Crippen molar-refractivity contribution in [2.24, 2.45) is 5.73 Å². The monoisotopic (exact) mass is 259 g/mol. The largest absolute Gasteiger partial charge is 0.573 e. The molecule has 0 unspecified atom stereocenters. The highest BCUT2D eigenvalue weighted by Crippen LogP contribution is 2.40. The summed E-state index contributed by atoms with van der Waals surface area (Å²) in [7, 11) is 0. The Labute approximate surface area is 92.0 Å². The first kappa shape index (κ1) is 13.6. The first-order chi connectivity index (χ1) is 7.65. The number of benzene rings is 1. The van der Waals surface area contributed by atoms with Crippen LogP contribution in [0.3, 0.4) is 0 Å². The number of halogens is 6. The van der Waals surface area contributed by atoms with Gasteiger partial charge in [0.2, 0.25) is 0 Å². The normalized spacial score (nSPS) is 12.6. The summed E-state index contributed by atoms with van der Waals surface area (Å²) in [5.74, 6) is -1.30. The molecule has 1 aromatic rings. The van der Waals surface area contributed by atoms with E-state index in [1.54, 1.807) is 0 Å². The Hall–Kier alpha value is -1.44. The van der Waals surface area contributed by atoms with Gasteiger partial charge in [0.15, 0.2) is 0 Å². The molecule has 0 aromatic heterocycles. The second kappa shape index (κ2) is 4.44. The zero-order chi connectivity index (χ0) is 13.3. The van der Waals surface area contributed by atoms with Gasteiger partial charge in [-0.2, -0.15) is 13.2 Å². The van der Waals surface area contributed by atoms with E-state index in [9.17, 15) is 26.3 Å². The summed E-state index contributed by atoms with van der Waals surface area (Å²) in [5.41, 5.74) is 3.08. The van der Waals surface area contributed by atoms with Gasteiger partial charge < -0.3 is 10.5 Å². The van der Waals surface area contributed by atoms with Crippen LogP contribution in [0.4, 0.5) is 26.3 Å². The summed E-state index contributed by atoms with van der Waals surface area (Å²) in [6, 6.07) is 2.60. The second-order valence-corrected chi connectivity index (χ2v) is 3.04. The first-order valence-electron chi connectivity index (χ1n) is 4.30. The lowest BCUT2D eigenvalue weighted by atomic mass is 10.1. The van der Waals surface area contributed by atoms with Crippen LogP contribution in [0.25, 0.3) is 0 Å². The van der Waals surface area contributed by atoms with Crippen LogP contribution in [0.5, 0.6) is 5.75 Å². The third kappa shape index (κ3) is 3.52. The Morgan fingerprint density at radius 1 is 1.06 bits per heavy atom. The fourth-order valence-corrected chi connectivity index (χ4v) is 1.28. The van der Waals surface area contributed by atoms with Gasteiger partial charge in [0.1, 0.15) is 11.3 Å². The van der Waals surface area contributed by atoms with Gasteiger partial charge in [-0.3, -0.25) is 0 Å². The zero-order valence-electron chi connectivity index (χ0n) is 8.19. The fourth-order valence-electron chi connectivity index (χ4n) is 1.28. The van der Waals surface area contributed by atoms with Gasteiger partial charge in [0, 0.05) is 6.54 Å². The Kier molecular flexibility index (Phi) is 3.56. The van der Waals surface area contributed by atoms with Crippen molar-refractivity contribution in [3.63, 3.8) is 0 Å². The molecule has 0 amide bonds.